The second-order valence-electron chi connectivity index (χ2n) is 19.6. The van der Waals surface area contributed by atoms with E-state index in [0.29, 0.717) is 16.9 Å². The van der Waals surface area contributed by atoms with Gasteiger partial charge in [-0.25, -0.2) is 4.98 Å². The smallest absolute Gasteiger partial charge is 0.104 e. The molecule has 0 atom stereocenters. The number of hydrogen-bond donors (Lipinski definition) is 0. The normalized spacial score (nSPS) is 11.8. The highest BCUT2D eigenvalue weighted by Crippen LogP contribution is 2.52. The number of fused-ring (bicyclic) bond motifs is 12. The van der Waals surface area contributed by atoms with E-state index in [4.69, 9.17) is 24.9 Å². The minimum absolute atomic E-state index is 0.449. The maximum absolute atomic E-state index is 12.9. The van der Waals surface area contributed by atoms with Crippen molar-refractivity contribution < 1.29 is 0 Å². The van der Waals surface area contributed by atoms with Crippen LogP contribution in [-0.4, -0.2) is 43.2 Å². The Morgan fingerprint density at radius 2 is 0.615 bits per heavy atom. The Bertz CT molecular complexity index is 4900. The molecular weight excluding hydrogens is 957 g/mol. The first-order valence-electron chi connectivity index (χ1n) is 25.8. The fourth-order valence-electron chi connectivity index (χ4n) is 12.4. The maximum Gasteiger partial charge on any atom is 0.104 e. The van der Waals surface area contributed by atoms with Crippen LogP contribution in [0.4, 0.5) is 0 Å². The number of nitrogens with zero attached hydrogens (tertiary/aromatic N) is 10. The summed E-state index contributed by atoms with van der Waals surface area (Å²) in [6, 6.07) is 70.5. The molecular formula is C68H40N10. The number of benzene rings is 7. The predicted octanol–water partition coefficient (Wildman–Crippen LogP) is 15.9. The van der Waals surface area contributed by atoms with Crippen molar-refractivity contribution in [1.82, 2.24) is 43.2 Å². The molecule has 0 spiro atoms. The molecule has 7 aromatic carbocycles. The minimum Gasteiger partial charge on any atom is -0.307 e. The quantitative estimate of drug-likeness (QED) is 0.157. The van der Waals surface area contributed by atoms with Crippen LogP contribution in [0.5, 0.6) is 0 Å². The van der Waals surface area contributed by atoms with Crippen molar-refractivity contribution in [2.24, 2.45) is 0 Å². The fraction of sp³-hybridized carbons (Fsp3) is 0. The molecule has 9 aromatic heterocycles. The van der Waals surface area contributed by atoms with Crippen LogP contribution in [0.15, 0.2) is 244 Å². The molecule has 9 heterocycles. The van der Waals surface area contributed by atoms with Gasteiger partial charge in [-0.15, -0.1) is 0 Å². The molecule has 0 N–H and O–H groups in total. The zero-order chi connectivity index (χ0) is 51.4. The molecule has 0 bridgehead atoms. The highest BCUT2D eigenvalue weighted by molar-refractivity contribution is 6.17. The fourth-order valence-corrected chi connectivity index (χ4v) is 12.4. The molecule has 16 rings (SSSR count). The van der Waals surface area contributed by atoms with Gasteiger partial charge in [0.25, 0.3) is 0 Å². The Kier molecular flexibility index (Phi) is 9.46. The van der Waals surface area contributed by atoms with Crippen molar-refractivity contribution >= 4 is 87.2 Å². The minimum atomic E-state index is 0.449. The molecule has 16 aromatic rings. The van der Waals surface area contributed by atoms with Gasteiger partial charge < -0.3 is 18.3 Å². The summed E-state index contributed by atoms with van der Waals surface area (Å²) < 4.78 is 9.41. The van der Waals surface area contributed by atoms with Crippen molar-refractivity contribution in [3.05, 3.63) is 249 Å². The maximum atomic E-state index is 12.9. The number of rotatable bonds is 7. The lowest BCUT2D eigenvalue weighted by molar-refractivity contribution is 1.03. The van der Waals surface area contributed by atoms with Gasteiger partial charge in [0.15, 0.2) is 0 Å². The molecule has 0 unspecified atom stereocenters. The zero-order valence-corrected chi connectivity index (χ0v) is 41.6. The Hall–Kier alpha value is -11.0. The zero-order valence-electron chi connectivity index (χ0n) is 41.6. The molecule has 10 nitrogen and oxygen atoms in total. The van der Waals surface area contributed by atoms with E-state index in [2.05, 4.69) is 206 Å². The predicted molar refractivity (Wildman–Crippen MR) is 314 cm³/mol. The average Bonchev–Trinajstić information content (AvgIpc) is 4.34. The van der Waals surface area contributed by atoms with E-state index in [1.165, 1.54) is 0 Å². The highest BCUT2D eigenvalue weighted by Gasteiger charge is 2.35. The third-order valence-electron chi connectivity index (χ3n) is 15.6. The van der Waals surface area contributed by atoms with Gasteiger partial charge in [0.1, 0.15) is 11.6 Å². The van der Waals surface area contributed by atoms with Gasteiger partial charge in [0.05, 0.1) is 78.3 Å². The van der Waals surface area contributed by atoms with Crippen LogP contribution >= 0.6 is 0 Å². The van der Waals surface area contributed by atoms with Gasteiger partial charge >= 0.3 is 0 Å². The van der Waals surface area contributed by atoms with Gasteiger partial charge in [0, 0.05) is 109 Å². The van der Waals surface area contributed by atoms with Crippen LogP contribution in [0.1, 0.15) is 5.56 Å². The molecule has 0 amide bonds. The molecule has 0 saturated carbocycles. The molecule has 0 aliphatic rings. The van der Waals surface area contributed by atoms with Crippen LogP contribution in [-0.2, 0) is 0 Å². The van der Waals surface area contributed by atoms with Crippen molar-refractivity contribution in [1.29, 1.82) is 5.26 Å². The Labute approximate surface area is 445 Å². The molecule has 362 valence electrons. The van der Waals surface area contributed by atoms with Gasteiger partial charge in [-0.2, -0.15) is 5.26 Å². The first-order valence-corrected chi connectivity index (χ1v) is 25.8. The van der Waals surface area contributed by atoms with Crippen molar-refractivity contribution in [2.75, 3.05) is 0 Å². The van der Waals surface area contributed by atoms with Gasteiger partial charge in [-0.1, -0.05) is 133 Å². The molecule has 0 radical (unpaired) electrons. The number of nitriles is 1. The van der Waals surface area contributed by atoms with E-state index in [0.717, 1.165) is 132 Å². The van der Waals surface area contributed by atoms with Crippen LogP contribution < -0.4 is 0 Å². The third kappa shape index (κ3) is 6.21. The first-order chi connectivity index (χ1) is 38.7. The lowest BCUT2D eigenvalue weighted by Gasteiger charge is -2.29. The largest absolute Gasteiger partial charge is 0.307 e. The van der Waals surface area contributed by atoms with E-state index in [-0.39, 0.29) is 0 Å². The second kappa shape index (κ2) is 17.0. The average molecular weight is 997 g/mol. The van der Waals surface area contributed by atoms with Gasteiger partial charge in [-0.05, 0) is 66.2 Å². The van der Waals surface area contributed by atoms with E-state index < -0.39 is 0 Å². The summed E-state index contributed by atoms with van der Waals surface area (Å²) in [7, 11) is 0. The van der Waals surface area contributed by atoms with Crippen LogP contribution in [0.2, 0.25) is 0 Å². The van der Waals surface area contributed by atoms with Crippen molar-refractivity contribution in [3.8, 4) is 62.5 Å². The molecule has 0 fully saturated rings. The Balaban J connectivity index is 1.27. The number of aromatic nitrogens is 9. The molecule has 10 heteroatoms. The van der Waals surface area contributed by atoms with Crippen molar-refractivity contribution in [2.45, 2.75) is 0 Å². The van der Waals surface area contributed by atoms with E-state index >= 15 is 0 Å². The summed E-state index contributed by atoms with van der Waals surface area (Å²) in [5.41, 5.74) is 16.0. The standard InChI is InChI=1S/C68H40N10/c69-37-49-65(75-56-23-11-7-19-45(56)50-38-70-31-27-60(50)75)64(44-35-54(42-15-3-1-4-16-42)74-55(36-44)43-17-5-2-6-18-43)67(77-58-25-13-9-21-47(58)52-40-72-33-29-62(52)77)68(78-59-26-14-10-22-48(59)53-41-73-34-30-63(53)78)66(49)76-57-24-12-8-20-46(57)51-39-71-32-28-61(51)76/h1-36,38-41H. The molecule has 0 saturated heterocycles. The van der Waals surface area contributed by atoms with Crippen LogP contribution in [0, 0.1) is 11.3 Å². The summed E-state index contributed by atoms with van der Waals surface area (Å²) >= 11 is 0. The van der Waals surface area contributed by atoms with E-state index in [9.17, 15) is 5.26 Å². The highest BCUT2D eigenvalue weighted by atomic mass is 15.1. The van der Waals surface area contributed by atoms with Gasteiger partial charge in [0.2, 0.25) is 0 Å². The summed E-state index contributed by atoms with van der Waals surface area (Å²) in [6.45, 7) is 0. The second-order valence-corrected chi connectivity index (χ2v) is 19.6. The monoisotopic (exact) mass is 996 g/mol. The van der Waals surface area contributed by atoms with Crippen LogP contribution in [0.25, 0.3) is 144 Å². The summed E-state index contributed by atoms with van der Waals surface area (Å²) in [6.07, 6.45) is 15.2. The lowest BCUT2D eigenvalue weighted by atomic mass is 9.91. The van der Waals surface area contributed by atoms with Gasteiger partial charge in [-0.3, -0.25) is 19.9 Å². The number of hydrogen-bond acceptors (Lipinski definition) is 6. The Morgan fingerprint density at radius 1 is 0.295 bits per heavy atom. The molecule has 0 aliphatic carbocycles. The molecule has 0 aliphatic heterocycles. The first kappa shape index (κ1) is 43.4. The summed E-state index contributed by atoms with van der Waals surface area (Å²) in [4.78, 5) is 24.5. The number of para-hydroxylation sites is 4. The molecule has 78 heavy (non-hydrogen) atoms. The van der Waals surface area contributed by atoms with Crippen LogP contribution in [0.3, 0.4) is 0 Å². The number of pyridine rings is 5. The Morgan fingerprint density at radius 3 is 1.00 bits per heavy atom. The topological polar surface area (TPSA) is 108 Å². The van der Waals surface area contributed by atoms with Crippen molar-refractivity contribution in [3.63, 3.8) is 0 Å². The third-order valence-corrected chi connectivity index (χ3v) is 15.6. The summed E-state index contributed by atoms with van der Waals surface area (Å²) in [5, 5.41) is 20.8. The lowest BCUT2D eigenvalue weighted by Crippen LogP contribution is -2.16. The SMILES string of the molecule is N#Cc1c(-n2c3ccccc3c3cnccc32)c(-c2cc(-c3ccccc3)nc(-c3ccccc3)c2)c(-n2c3ccccc3c3cnccc32)c(-n2c3ccccc3c3cnccc32)c1-n1c2ccccc2c2cnccc21. The van der Waals surface area contributed by atoms with E-state index in [1.807, 2.05) is 61.7 Å². The van der Waals surface area contributed by atoms with E-state index in [1.54, 1.807) is 0 Å². The summed E-state index contributed by atoms with van der Waals surface area (Å²) in [5.74, 6) is 0.